The molecule has 0 aliphatic carbocycles. The van der Waals surface area contributed by atoms with Gasteiger partial charge >= 0.3 is 0 Å². The molecule has 0 radical (unpaired) electrons. The summed E-state index contributed by atoms with van der Waals surface area (Å²) in [6.07, 6.45) is 3.30. The number of carbonyl (C=O) groups is 1. The van der Waals surface area contributed by atoms with E-state index in [4.69, 9.17) is 0 Å². The molecule has 0 aliphatic rings. The van der Waals surface area contributed by atoms with E-state index in [2.05, 4.69) is 15.3 Å². The smallest absolute Gasteiger partial charge is 0.256 e. The van der Waals surface area contributed by atoms with Gasteiger partial charge in [0.1, 0.15) is 23.1 Å². The predicted octanol–water partition coefficient (Wildman–Crippen LogP) is 3.93. The fourth-order valence-electron chi connectivity index (χ4n) is 2.60. The minimum Gasteiger partial charge on any atom is -0.306 e. The number of halogens is 2. The average Bonchev–Trinajstić information content (AvgIpc) is 3.01. The second kappa shape index (κ2) is 6.36. The molecule has 2 heterocycles. The molecule has 0 spiro atoms. The fourth-order valence-corrected chi connectivity index (χ4v) is 2.60. The highest BCUT2D eigenvalue weighted by Gasteiger charge is 2.18. The van der Waals surface area contributed by atoms with E-state index in [-0.39, 0.29) is 5.82 Å². The van der Waals surface area contributed by atoms with Crippen LogP contribution in [0.2, 0.25) is 0 Å². The number of imidazole rings is 1. The molecule has 26 heavy (non-hydrogen) atoms. The molecule has 0 saturated carbocycles. The number of aromatic nitrogens is 3. The molecule has 2 aromatic carbocycles. The van der Waals surface area contributed by atoms with Crippen molar-refractivity contribution in [1.82, 2.24) is 14.4 Å². The van der Waals surface area contributed by atoms with Crippen molar-refractivity contribution in [2.45, 2.75) is 0 Å². The van der Waals surface area contributed by atoms with Gasteiger partial charge in [0.25, 0.3) is 5.91 Å². The first kappa shape index (κ1) is 15.9. The van der Waals surface area contributed by atoms with Crippen molar-refractivity contribution in [3.63, 3.8) is 0 Å². The molecule has 4 aromatic rings. The second-order valence-electron chi connectivity index (χ2n) is 5.57. The van der Waals surface area contributed by atoms with Crippen molar-refractivity contribution in [1.29, 1.82) is 0 Å². The van der Waals surface area contributed by atoms with Crippen LogP contribution in [-0.2, 0) is 0 Å². The molecule has 5 nitrogen and oxygen atoms in total. The van der Waals surface area contributed by atoms with Crippen molar-refractivity contribution in [3.05, 3.63) is 84.2 Å². The number of fused-ring (bicyclic) bond motifs is 1. The minimum atomic E-state index is -0.424. The van der Waals surface area contributed by atoms with Crippen LogP contribution in [-0.4, -0.2) is 20.3 Å². The Morgan fingerprint density at radius 1 is 0.962 bits per heavy atom. The molecule has 0 atom stereocenters. The highest BCUT2D eigenvalue weighted by atomic mass is 19.1. The third kappa shape index (κ3) is 2.90. The Kier molecular flexibility index (Phi) is 3.89. The van der Waals surface area contributed by atoms with Crippen molar-refractivity contribution >= 4 is 17.5 Å². The molecule has 7 heteroatoms. The molecular formula is C19H12F2N4O. The summed E-state index contributed by atoms with van der Waals surface area (Å²) in [7, 11) is 0. The normalized spacial score (nSPS) is 10.8. The van der Waals surface area contributed by atoms with E-state index < -0.39 is 11.7 Å². The Bertz CT molecular complexity index is 1090. The molecule has 0 fully saturated rings. The number of nitrogens with zero attached hydrogens (tertiary/aromatic N) is 3. The van der Waals surface area contributed by atoms with E-state index in [1.165, 1.54) is 36.4 Å². The highest BCUT2D eigenvalue weighted by molar-refractivity contribution is 6.05. The topological polar surface area (TPSA) is 59.3 Å². The number of benzene rings is 2. The summed E-state index contributed by atoms with van der Waals surface area (Å²) in [6.45, 7) is 0. The molecule has 1 amide bonds. The standard InChI is InChI=1S/C19H12F2N4O/c20-14-6-2-12(3-7-14)16-17(25-11-1-10-22-19(25)23-16)24-18(26)13-4-8-15(21)9-5-13/h1-11H,(H,24,26). The first-order valence-corrected chi connectivity index (χ1v) is 7.78. The van der Waals surface area contributed by atoms with E-state index >= 15 is 0 Å². The summed E-state index contributed by atoms with van der Waals surface area (Å²) >= 11 is 0. The van der Waals surface area contributed by atoms with Gasteiger partial charge in [-0.3, -0.25) is 9.20 Å². The zero-order valence-electron chi connectivity index (χ0n) is 13.4. The van der Waals surface area contributed by atoms with Gasteiger partial charge in [0, 0.05) is 23.5 Å². The lowest BCUT2D eigenvalue weighted by molar-refractivity contribution is 0.102. The van der Waals surface area contributed by atoms with E-state index in [0.29, 0.717) is 28.4 Å². The van der Waals surface area contributed by atoms with Crippen LogP contribution < -0.4 is 5.32 Å². The van der Waals surface area contributed by atoms with Crippen LogP contribution in [0.15, 0.2) is 67.0 Å². The Balaban J connectivity index is 1.79. The van der Waals surface area contributed by atoms with Crippen LogP contribution >= 0.6 is 0 Å². The first-order valence-electron chi connectivity index (χ1n) is 7.78. The highest BCUT2D eigenvalue weighted by Crippen LogP contribution is 2.28. The summed E-state index contributed by atoms with van der Waals surface area (Å²) < 4.78 is 27.9. The minimum absolute atomic E-state index is 0.301. The van der Waals surface area contributed by atoms with Gasteiger partial charge in [-0.2, -0.15) is 0 Å². The Morgan fingerprint density at radius 2 is 1.62 bits per heavy atom. The van der Waals surface area contributed by atoms with Gasteiger partial charge < -0.3 is 5.32 Å². The van der Waals surface area contributed by atoms with E-state index in [0.717, 1.165) is 0 Å². The fraction of sp³-hybridized carbons (Fsp3) is 0. The lowest BCUT2D eigenvalue weighted by atomic mass is 10.1. The average molecular weight is 350 g/mol. The molecular weight excluding hydrogens is 338 g/mol. The van der Waals surface area contributed by atoms with Gasteiger partial charge in [-0.1, -0.05) is 0 Å². The van der Waals surface area contributed by atoms with Crippen LogP contribution in [0.25, 0.3) is 17.0 Å². The van der Waals surface area contributed by atoms with Crippen LogP contribution in [0.3, 0.4) is 0 Å². The summed E-state index contributed by atoms with van der Waals surface area (Å²) in [4.78, 5) is 21.2. The zero-order valence-corrected chi connectivity index (χ0v) is 13.4. The molecule has 0 unspecified atom stereocenters. The van der Waals surface area contributed by atoms with Gasteiger partial charge in [-0.25, -0.2) is 18.7 Å². The second-order valence-corrected chi connectivity index (χ2v) is 5.57. The number of amides is 1. The third-order valence-electron chi connectivity index (χ3n) is 3.86. The molecule has 0 bridgehead atoms. The Morgan fingerprint density at radius 3 is 2.31 bits per heavy atom. The summed E-state index contributed by atoms with van der Waals surface area (Å²) in [6, 6.07) is 12.7. The number of carbonyl (C=O) groups excluding carboxylic acids is 1. The van der Waals surface area contributed by atoms with Crippen molar-refractivity contribution < 1.29 is 13.6 Å². The number of anilines is 1. The number of hydrogen-bond acceptors (Lipinski definition) is 3. The lowest BCUT2D eigenvalue weighted by Crippen LogP contribution is -2.14. The number of hydrogen-bond donors (Lipinski definition) is 1. The van der Waals surface area contributed by atoms with Gasteiger partial charge in [0.2, 0.25) is 5.78 Å². The molecule has 0 saturated heterocycles. The van der Waals surface area contributed by atoms with Gasteiger partial charge in [0.15, 0.2) is 0 Å². The monoisotopic (exact) mass is 350 g/mol. The van der Waals surface area contributed by atoms with E-state index in [9.17, 15) is 13.6 Å². The lowest BCUT2D eigenvalue weighted by Gasteiger charge is -2.08. The predicted molar refractivity (Wildman–Crippen MR) is 92.7 cm³/mol. The van der Waals surface area contributed by atoms with Crippen molar-refractivity contribution in [2.24, 2.45) is 0 Å². The third-order valence-corrected chi connectivity index (χ3v) is 3.86. The Labute approximate surface area is 147 Å². The summed E-state index contributed by atoms with van der Waals surface area (Å²) in [5.41, 5.74) is 1.39. The van der Waals surface area contributed by atoms with Gasteiger partial charge in [-0.15, -0.1) is 0 Å². The number of rotatable bonds is 3. The van der Waals surface area contributed by atoms with Gasteiger partial charge in [-0.05, 0) is 54.6 Å². The van der Waals surface area contributed by atoms with Crippen LogP contribution in [0.5, 0.6) is 0 Å². The molecule has 128 valence electrons. The maximum absolute atomic E-state index is 13.2. The molecule has 1 N–H and O–H groups in total. The SMILES string of the molecule is O=C(Nc1c(-c2ccc(F)cc2)nc2ncccn12)c1ccc(F)cc1. The Hall–Kier alpha value is -3.61. The van der Waals surface area contributed by atoms with Crippen LogP contribution in [0.4, 0.5) is 14.6 Å². The van der Waals surface area contributed by atoms with Gasteiger partial charge in [0.05, 0.1) is 0 Å². The summed E-state index contributed by atoms with van der Waals surface area (Å²) in [5.74, 6) is -0.422. The first-order chi connectivity index (χ1) is 12.6. The molecule has 0 aliphatic heterocycles. The molecule has 2 aromatic heterocycles. The van der Waals surface area contributed by atoms with Crippen LogP contribution in [0, 0.1) is 11.6 Å². The quantitative estimate of drug-likeness (QED) is 0.609. The maximum atomic E-state index is 13.2. The van der Waals surface area contributed by atoms with Crippen molar-refractivity contribution in [2.75, 3.05) is 5.32 Å². The van der Waals surface area contributed by atoms with Crippen molar-refractivity contribution in [3.8, 4) is 11.3 Å². The number of nitrogens with one attached hydrogen (secondary N) is 1. The maximum Gasteiger partial charge on any atom is 0.256 e. The summed E-state index contributed by atoms with van der Waals surface area (Å²) in [5, 5.41) is 2.79. The molecule has 4 rings (SSSR count). The van der Waals surface area contributed by atoms with Crippen LogP contribution in [0.1, 0.15) is 10.4 Å². The van der Waals surface area contributed by atoms with E-state index in [1.807, 2.05) is 0 Å². The van der Waals surface area contributed by atoms with E-state index in [1.54, 1.807) is 35.0 Å². The largest absolute Gasteiger partial charge is 0.306 e. The zero-order chi connectivity index (χ0) is 18.1.